The molecule has 9 heteroatoms. The molecule has 160 valence electrons. The fourth-order valence-electron chi connectivity index (χ4n) is 2.96. The first kappa shape index (κ1) is 21.3. The van der Waals surface area contributed by atoms with Crippen molar-refractivity contribution in [2.24, 2.45) is 0 Å². The summed E-state index contributed by atoms with van der Waals surface area (Å²) < 4.78 is 21.5. The maximum absolute atomic E-state index is 12.3. The molecule has 0 saturated heterocycles. The fourth-order valence-corrected chi connectivity index (χ4v) is 2.96. The molecule has 2 N–H and O–H groups in total. The summed E-state index contributed by atoms with van der Waals surface area (Å²) in [6.07, 6.45) is -0.976. The third-order valence-electron chi connectivity index (χ3n) is 4.45. The third kappa shape index (κ3) is 4.93. The van der Waals surface area contributed by atoms with Crippen LogP contribution in [0.15, 0.2) is 42.5 Å². The molecule has 0 aliphatic carbocycles. The Labute approximate surface area is 174 Å². The van der Waals surface area contributed by atoms with Gasteiger partial charge in [-0.25, -0.2) is 0 Å². The van der Waals surface area contributed by atoms with Crippen molar-refractivity contribution in [3.63, 3.8) is 0 Å². The summed E-state index contributed by atoms with van der Waals surface area (Å²) in [5.74, 6) is 1.13. The number of aliphatic hydroxyl groups is 1. The predicted molar refractivity (Wildman–Crippen MR) is 108 cm³/mol. The van der Waals surface area contributed by atoms with Crippen LogP contribution in [0.2, 0.25) is 0 Å². The first-order valence-electron chi connectivity index (χ1n) is 9.34. The Morgan fingerprint density at radius 1 is 1.17 bits per heavy atom. The van der Waals surface area contributed by atoms with Gasteiger partial charge in [-0.15, -0.1) is 0 Å². The molecule has 0 saturated carbocycles. The van der Waals surface area contributed by atoms with Gasteiger partial charge >= 0.3 is 0 Å². The van der Waals surface area contributed by atoms with E-state index in [2.05, 4.69) is 5.32 Å². The molecule has 1 unspecified atom stereocenters. The van der Waals surface area contributed by atoms with Crippen molar-refractivity contribution in [2.45, 2.75) is 6.10 Å². The number of benzene rings is 2. The summed E-state index contributed by atoms with van der Waals surface area (Å²) in [6, 6.07) is 12.2. The summed E-state index contributed by atoms with van der Waals surface area (Å²) in [7, 11) is 3.01. The van der Waals surface area contributed by atoms with E-state index in [4.69, 9.17) is 18.9 Å². The van der Waals surface area contributed by atoms with Gasteiger partial charge in [0, 0.05) is 6.54 Å². The Morgan fingerprint density at radius 3 is 2.57 bits per heavy atom. The molecule has 1 aliphatic rings. The Hall–Kier alpha value is -3.46. The van der Waals surface area contributed by atoms with Gasteiger partial charge in [0.25, 0.3) is 5.91 Å². The second kappa shape index (κ2) is 9.84. The zero-order valence-corrected chi connectivity index (χ0v) is 16.8. The van der Waals surface area contributed by atoms with Crippen LogP contribution >= 0.6 is 0 Å². The standard InChI is InChI=1S/C21H24N2O7/c1-27-17-8-5-9-18(28-2)21(17)30-12-14(24)10-22-19(25)11-23-15-6-3-4-7-16(15)29-13-20(23)26/h3-9,14,24H,10-13H2,1-2H3,(H,22,25). The van der Waals surface area contributed by atoms with E-state index in [-0.39, 0.29) is 32.2 Å². The summed E-state index contributed by atoms with van der Waals surface area (Å²) >= 11 is 0. The normalized spacial score (nSPS) is 13.7. The number of rotatable bonds is 9. The molecule has 0 spiro atoms. The van der Waals surface area contributed by atoms with Gasteiger partial charge in [-0.3, -0.25) is 14.5 Å². The van der Waals surface area contributed by atoms with Gasteiger partial charge in [-0.05, 0) is 24.3 Å². The van der Waals surface area contributed by atoms with E-state index in [0.717, 1.165) is 0 Å². The highest BCUT2D eigenvalue weighted by molar-refractivity contribution is 6.02. The molecule has 2 aromatic carbocycles. The number of carbonyl (C=O) groups excluding carboxylic acids is 2. The van der Waals surface area contributed by atoms with Gasteiger partial charge in [-0.2, -0.15) is 0 Å². The van der Waals surface area contributed by atoms with Crippen LogP contribution in [0, 0.1) is 0 Å². The SMILES string of the molecule is COc1cccc(OC)c1OCC(O)CNC(=O)CN1C(=O)COc2ccccc21. The van der Waals surface area contributed by atoms with Crippen LogP contribution in [0.3, 0.4) is 0 Å². The summed E-state index contributed by atoms with van der Waals surface area (Å²) in [5, 5.41) is 12.8. The van der Waals surface area contributed by atoms with E-state index in [9.17, 15) is 14.7 Å². The lowest BCUT2D eigenvalue weighted by Gasteiger charge is -2.28. The molecular formula is C21H24N2O7. The van der Waals surface area contributed by atoms with Crippen molar-refractivity contribution in [3.05, 3.63) is 42.5 Å². The lowest BCUT2D eigenvalue weighted by molar-refractivity contribution is -0.125. The number of nitrogens with zero attached hydrogens (tertiary/aromatic N) is 1. The first-order valence-corrected chi connectivity index (χ1v) is 9.34. The molecule has 0 aromatic heterocycles. The van der Waals surface area contributed by atoms with Gasteiger partial charge in [0.15, 0.2) is 18.1 Å². The van der Waals surface area contributed by atoms with E-state index in [1.54, 1.807) is 42.5 Å². The molecule has 0 fully saturated rings. The average Bonchev–Trinajstić information content (AvgIpc) is 2.77. The number of fused-ring (bicyclic) bond motifs is 1. The number of hydrogen-bond donors (Lipinski definition) is 2. The number of methoxy groups -OCH3 is 2. The van der Waals surface area contributed by atoms with Crippen LogP contribution in [0.1, 0.15) is 0 Å². The molecule has 2 aromatic rings. The maximum Gasteiger partial charge on any atom is 0.265 e. The third-order valence-corrected chi connectivity index (χ3v) is 4.45. The minimum Gasteiger partial charge on any atom is -0.493 e. The van der Waals surface area contributed by atoms with Crippen molar-refractivity contribution < 1.29 is 33.6 Å². The Bertz CT molecular complexity index is 880. The zero-order chi connectivity index (χ0) is 21.5. The first-order chi connectivity index (χ1) is 14.5. The Kier molecular flexibility index (Phi) is 6.97. The van der Waals surface area contributed by atoms with Gasteiger partial charge in [0.1, 0.15) is 25.0 Å². The lowest BCUT2D eigenvalue weighted by atomic mass is 10.2. The number of anilines is 1. The smallest absolute Gasteiger partial charge is 0.265 e. The van der Waals surface area contributed by atoms with Crippen molar-refractivity contribution in [3.8, 4) is 23.0 Å². The predicted octanol–water partition coefficient (Wildman–Crippen LogP) is 0.985. The Morgan fingerprint density at radius 2 is 1.87 bits per heavy atom. The van der Waals surface area contributed by atoms with Crippen LogP contribution in [0.4, 0.5) is 5.69 Å². The monoisotopic (exact) mass is 416 g/mol. The fraction of sp³-hybridized carbons (Fsp3) is 0.333. The molecule has 1 aliphatic heterocycles. The average molecular weight is 416 g/mol. The van der Waals surface area contributed by atoms with E-state index in [0.29, 0.717) is 28.7 Å². The molecule has 9 nitrogen and oxygen atoms in total. The van der Waals surface area contributed by atoms with Gasteiger partial charge in [0.2, 0.25) is 11.7 Å². The largest absolute Gasteiger partial charge is 0.493 e. The molecule has 0 bridgehead atoms. The number of amides is 2. The Balaban J connectivity index is 1.52. The highest BCUT2D eigenvalue weighted by atomic mass is 16.5. The molecule has 1 heterocycles. The lowest BCUT2D eigenvalue weighted by Crippen LogP contribution is -2.46. The summed E-state index contributed by atoms with van der Waals surface area (Å²) in [5.41, 5.74) is 0.538. The number of carbonyl (C=O) groups is 2. The molecule has 3 rings (SSSR count). The highest BCUT2D eigenvalue weighted by Crippen LogP contribution is 2.36. The maximum atomic E-state index is 12.3. The van der Waals surface area contributed by atoms with Crippen LogP contribution in [-0.2, 0) is 9.59 Å². The molecule has 0 radical (unpaired) electrons. The van der Waals surface area contributed by atoms with Crippen LogP contribution in [0.5, 0.6) is 23.0 Å². The van der Waals surface area contributed by atoms with E-state index in [1.807, 2.05) is 0 Å². The highest BCUT2D eigenvalue weighted by Gasteiger charge is 2.27. The zero-order valence-electron chi connectivity index (χ0n) is 16.8. The van der Waals surface area contributed by atoms with E-state index < -0.39 is 12.0 Å². The van der Waals surface area contributed by atoms with Gasteiger partial charge in [-0.1, -0.05) is 18.2 Å². The quantitative estimate of drug-likeness (QED) is 0.628. The van der Waals surface area contributed by atoms with E-state index >= 15 is 0 Å². The molecular weight excluding hydrogens is 392 g/mol. The van der Waals surface area contributed by atoms with E-state index in [1.165, 1.54) is 19.1 Å². The van der Waals surface area contributed by atoms with Gasteiger partial charge < -0.3 is 29.4 Å². The van der Waals surface area contributed by atoms with Crippen molar-refractivity contribution in [2.75, 3.05) is 45.4 Å². The number of para-hydroxylation sites is 3. The molecule has 30 heavy (non-hydrogen) atoms. The summed E-state index contributed by atoms with van der Waals surface area (Å²) in [6.45, 7) is -0.429. The van der Waals surface area contributed by atoms with Crippen LogP contribution < -0.4 is 29.2 Å². The molecule has 1 atom stereocenters. The number of hydrogen-bond acceptors (Lipinski definition) is 7. The van der Waals surface area contributed by atoms with Gasteiger partial charge in [0.05, 0.1) is 19.9 Å². The minimum atomic E-state index is -0.976. The molecule has 2 amide bonds. The topological polar surface area (TPSA) is 107 Å². The second-order valence-electron chi connectivity index (χ2n) is 6.50. The minimum absolute atomic E-state index is 0.0452. The number of nitrogens with one attached hydrogen (secondary N) is 1. The number of aliphatic hydroxyl groups excluding tert-OH is 1. The van der Waals surface area contributed by atoms with Crippen molar-refractivity contribution in [1.82, 2.24) is 5.32 Å². The van der Waals surface area contributed by atoms with Crippen LogP contribution in [0.25, 0.3) is 0 Å². The summed E-state index contributed by atoms with van der Waals surface area (Å²) in [4.78, 5) is 25.8. The van der Waals surface area contributed by atoms with Crippen molar-refractivity contribution in [1.29, 1.82) is 0 Å². The second-order valence-corrected chi connectivity index (χ2v) is 6.50. The number of ether oxygens (including phenoxy) is 4. The van der Waals surface area contributed by atoms with Crippen molar-refractivity contribution >= 4 is 17.5 Å². The van der Waals surface area contributed by atoms with Crippen LogP contribution in [-0.4, -0.2) is 63.5 Å².